The molecule has 0 radical (unpaired) electrons. The summed E-state index contributed by atoms with van der Waals surface area (Å²) in [7, 11) is 0. The molecule has 124 valence electrons. The zero-order chi connectivity index (χ0) is 16.8. The minimum Gasteiger partial charge on any atom is -0.370 e. The van der Waals surface area contributed by atoms with Crippen LogP contribution in [-0.2, 0) is 9.59 Å². The van der Waals surface area contributed by atoms with Crippen molar-refractivity contribution in [1.82, 2.24) is 20.2 Å². The lowest BCUT2D eigenvalue weighted by Gasteiger charge is -2.37. The van der Waals surface area contributed by atoms with Gasteiger partial charge in [-0.2, -0.15) is 0 Å². The summed E-state index contributed by atoms with van der Waals surface area (Å²) >= 11 is 0. The number of nitrogens with one attached hydrogen (secondary N) is 1. The standard InChI is InChI=1S/C14H20N6O3/c15-9-2-6-20(14(23)10-8-17-4-5-18-10)11(7-9)13(22)19-3-1-12(16)21/h4-5,8-9,11H,1-3,6-7,15H2,(H2,16,21)(H,19,22). The van der Waals surface area contributed by atoms with Crippen molar-refractivity contribution in [2.45, 2.75) is 31.3 Å². The van der Waals surface area contributed by atoms with Gasteiger partial charge in [-0.1, -0.05) is 0 Å². The number of piperidine rings is 1. The lowest BCUT2D eigenvalue weighted by atomic mass is 9.96. The van der Waals surface area contributed by atoms with E-state index in [9.17, 15) is 14.4 Å². The Balaban J connectivity index is 2.08. The normalized spacial score (nSPS) is 20.8. The molecule has 23 heavy (non-hydrogen) atoms. The second-order valence-electron chi connectivity index (χ2n) is 5.40. The summed E-state index contributed by atoms with van der Waals surface area (Å²) in [5, 5.41) is 2.62. The molecule has 0 aromatic carbocycles. The number of carbonyl (C=O) groups excluding carboxylic acids is 3. The van der Waals surface area contributed by atoms with Gasteiger partial charge in [-0.15, -0.1) is 0 Å². The maximum atomic E-state index is 12.5. The topological polar surface area (TPSA) is 144 Å². The first-order valence-electron chi connectivity index (χ1n) is 7.37. The van der Waals surface area contributed by atoms with E-state index in [1.54, 1.807) is 0 Å². The van der Waals surface area contributed by atoms with Crippen molar-refractivity contribution in [3.8, 4) is 0 Å². The second kappa shape index (κ2) is 7.63. The predicted molar refractivity (Wildman–Crippen MR) is 80.9 cm³/mol. The van der Waals surface area contributed by atoms with Crippen molar-refractivity contribution >= 4 is 17.7 Å². The highest BCUT2D eigenvalue weighted by atomic mass is 16.2. The summed E-state index contributed by atoms with van der Waals surface area (Å²) < 4.78 is 0. The molecule has 0 spiro atoms. The zero-order valence-electron chi connectivity index (χ0n) is 12.6. The number of nitrogens with two attached hydrogens (primary N) is 2. The molecule has 0 saturated carbocycles. The van der Waals surface area contributed by atoms with E-state index in [0.29, 0.717) is 19.4 Å². The molecule has 2 atom stereocenters. The number of carbonyl (C=O) groups is 3. The van der Waals surface area contributed by atoms with Crippen LogP contribution in [0.2, 0.25) is 0 Å². The van der Waals surface area contributed by atoms with E-state index >= 15 is 0 Å². The molecule has 1 saturated heterocycles. The van der Waals surface area contributed by atoms with Gasteiger partial charge in [0, 0.05) is 37.9 Å². The number of primary amides is 1. The molecule has 2 heterocycles. The molecule has 2 rings (SSSR count). The Morgan fingerprint density at radius 2 is 2.13 bits per heavy atom. The number of likely N-dealkylation sites (tertiary alicyclic amines) is 1. The van der Waals surface area contributed by atoms with E-state index in [4.69, 9.17) is 11.5 Å². The quantitative estimate of drug-likeness (QED) is 0.596. The van der Waals surface area contributed by atoms with Crippen molar-refractivity contribution < 1.29 is 14.4 Å². The lowest BCUT2D eigenvalue weighted by Crippen LogP contribution is -2.56. The van der Waals surface area contributed by atoms with Crippen LogP contribution in [0, 0.1) is 0 Å². The molecule has 1 aliphatic heterocycles. The maximum Gasteiger partial charge on any atom is 0.274 e. The fraction of sp³-hybridized carbons (Fsp3) is 0.500. The number of rotatable bonds is 5. The maximum absolute atomic E-state index is 12.5. The van der Waals surface area contributed by atoms with Crippen LogP contribution >= 0.6 is 0 Å². The highest BCUT2D eigenvalue weighted by Crippen LogP contribution is 2.18. The predicted octanol–water partition coefficient (Wildman–Crippen LogP) is -1.60. The van der Waals surface area contributed by atoms with E-state index in [0.717, 1.165) is 0 Å². The summed E-state index contributed by atoms with van der Waals surface area (Å²) in [5.74, 6) is -1.21. The third kappa shape index (κ3) is 4.46. The summed E-state index contributed by atoms with van der Waals surface area (Å²) in [5.41, 5.74) is 11.1. The highest BCUT2D eigenvalue weighted by Gasteiger charge is 2.35. The van der Waals surface area contributed by atoms with Crippen molar-refractivity contribution in [2.75, 3.05) is 13.1 Å². The Labute approximate surface area is 133 Å². The SMILES string of the molecule is NC(=O)CCNC(=O)C1CC(N)CCN1C(=O)c1cnccn1. The Hall–Kier alpha value is -2.55. The number of aromatic nitrogens is 2. The molecular weight excluding hydrogens is 300 g/mol. The molecule has 1 aliphatic rings. The summed E-state index contributed by atoms with van der Waals surface area (Å²) in [6, 6.07) is -0.853. The fourth-order valence-electron chi connectivity index (χ4n) is 2.47. The van der Waals surface area contributed by atoms with Crippen LogP contribution in [0.5, 0.6) is 0 Å². The first-order valence-corrected chi connectivity index (χ1v) is 7.37. The molecule has 9 nitrogen and oxygen atoms in total. The molecule has 1 aromatic rings. The molecule has 5 N–H and O–H groups in total. The Bertz CT molecular complexity index is 579. The van der Waals surface area contributed by atoms with Crippen LogP contribution in [0.3, 0.4) is 0 Å². The summed E-state index contributed by atoms with van der Waals surface area (Å²) in [6.45, 7) is 0.498. The average molecular weight is 320 g/mol. The van der Waals surface area contributed by atoms with Gasteiger partial charge in [-0.3, -0.25) is 19.4 Å². The van der Waals surface area contributed by atoms with E-state index in [1.165, 1.54) is 23.5 Å². The van der Waals surface area contributed by atoms with Gasteiger partial charge in [-0.25, -0.2) is 4.98 Å². The lowest BCUT2D eigenvalue weighted by molar-refractivity contribution is -0.127. The Morgan fingerprint density at radius 3 is 2.78 bits per heavy atom. The zero-order valence-corrected chi connectivity index (χ0v) is 12.6. The first kappa shape index (κ1) is 16.8. The minimum atomic E-state index is -0.693. The molecule has 3 amide bonds. The molecule has 0 bridgehead atoms. The number of amides is 3. The number of nitrogens with zero attached hydrogens (tertiary/aromatic N) is 3. The van der Waals surface area contributed by atoms with Crippen LogP contribution < -0.4 is 16.8 Å². The van der Waals surface area contributed by atoms with Crippen molar-refractivity contribution in [1.29, 1.82) is 0 Å². The number of hydrogen-bond donors (Lipinski definition) is 3. The van der Waals surface area contributed by atoms with Crippen LogP contribution in [0.1, 0.15) is 29.8 Å². The minimum absolute atomic E-state index is 0.0443. The van der Waals surface area contributed by atoms with Crippen LogP contribution in [0.15, 0.2) is 18.6 Å². The van der Waals surface area contributed by atoms with E-state index in [-0.39, 0.29) is 36.5 Å². The largest absolute Gasteiger partial charge is 0.370 e. The van der Waals surface area contributed by atoms with E-state index < -0.39 is 11.9 Å². The fourth-order valence-corrected chi connectivity index (χ4v) is 2.47. The van der Waals surface area contributed by atoms with Gasteiger partial charge < -0.3 is 21.7 Å². The molecule has 1 aromatic heterocycles. The van der Waals surface area contributed by atoms with Gasteiger partial charge in [0.05, 0.1) is 6.20 Å². The highest BCUT2D eigenvalue weighted by molar-refractivity contribution is 5.96. The van der Waals surface area contributed by atoms with Gasteiger partial charge in [0.25, 0.3) is 5.91 Å². The van der Waals surface area contributed by atoms with Crippen LogP contribution in [0.25, 0.3) is 0 Å². The van der Waals surface area contributed by atoms with Crippen molar-refractivity contribution in [2.24, 2.45) is 11.5 Å². The van der Waals surface area contributed by atoms with Gasteiger partial charge in [0.1, 0.15) is 11.7 Å². The second-order valence-corrected chi connectivity index (χ2v) is 5.40. The Morgan fingerprint density at radius 1 is 1.35 bits per heavy atom. The monoisotopic (exact) mass is 320 g/mol. The van der Waals surface area contributed by atoms with Crippen molar-refractivity contribution in [3.05, 3.63) is 24.3 Å². The molecular formula is C14H20N6O3. The smallest absolute Gasteiger partial charge is 0.274 e. The molecule has 0 aliphatic carbocycles. The summed E-state index contributed by atoms with van der Waals surface area (Å²) in [6.07, 6.45) is 5.26. The van der Waals surface area contributed by atoms with Gasteiger partial charge >= 0.3 is 0 Å². The first-order chi connectivity index (χ1) is 11.0. The van der Waals surface area contributed by atoms with Gasteiger partial charge in [0.2, 0.25) is 11.8 Å². The third-order valence-electron chi connectivity index (χ3n) is 3.66. The number of hydrogen-bond acceptors (Lipinski definition) is 6. The molecule has 2 unspecified atom stereocenters. The molecule has 9 heteroatoms. The van der Waals surface area contributed by atoms with Crippen LogP contribution in [0.4, 0.5) is 0 Å². The molecule has 1 fully saturated rings. The summed E-state index contributed by atoms with van der Waals surface area (Å²) in [4.78, 5) is 44.9. The van der Waals surface area contributed by atoms with Gasteiger partial charge in [0.15, 0.2) is 0 Å². The van der Waals surface area contributed by atoms with E-state index in [1.807, 2.05) is 0 Å². The van der Waals surface area contributed by atoms with Crippen molar-refractivity contribution in [3.63, 3.8) is 0 Å². The average Bonchev–Trinajstić information content (AvgIpc) is 2.54. The Kier molecular flexibility index (Phi) is 5.58. The third-order valence-corrected chi connectivity index (χ3v) is 3.66. The van der Waals surface area contributed by atoms with E-state index in [2.05, 4.69) is 15.3 Å². The van der Waals surface area contributed by atoms with Crippen LogP contribution in [-0.4, -0.2) is 57.8 Å². The van der Waals surface area contributed by atoms with Gasteiger partial charge in [-0.05, 0) is 12.8 Å².